The van der Waals surface area contributed by atoms with E-state index in [2.05, 4.69) is 103 Å². The lowest BCUT2D eigenvalue weighted by molar-refractivity contribution is -0.390. The monoisotopic (exact) mass is 1210 g/mol. The van der Waals surface area contributed by atoms with Gasteiger partial charge >= 0.3 is 11.9 Å². The van der Waals surface area contributed by atoms with Crippen LogP contribution in [-0.2, 0) is 18.8 Å². The normalized spacial score (nSPS) is 14.9. The number of nitrogens with two attached hydrogens (primary N) is 1. The first-order valence-corrected chi connectivity index (χ1v) is 26.6. The van der Waals surface area contributed by atoms with Gasteiger partial charge in [0.2, 0.25) is 27.1 Å². The van der Waals surface area contributed by atoms with Crippen molar-refractivity contribution in [2.45, 2.75) is 102 Å². The minimum atomic E-state index is -0.631. The van der Waals surface area contributed by atoms with Gasteiger partial charge in [0.15, 0.2) is 5.16 Å². The van der Waals surface area contributed by atoms with E-state index in [1.807, 2.05) is 54.3 Å². The first kappa shape index (κ1) is 59.8. The van der Waals surface area contributed by atoms with Crippen LogP contribution in [0.25, 0.3) is 22.3 Å². The third-order valence-corrected chi connectivity index (χ3v) is 12.2. The van der Waals surface area contributed by atoms with Crippen molar-refractivity contribution in [3.05, 3.63) is 74.8 Å². The smallest absolute Gasteiger partial charge is 0.414 e. The van der Waals surface area contributed by atoms with Crippen molar-refractivity contribution in [3.63, 3.8) is 0 Å². The molecule has 3 fully saturated rings. The van der Waals surface area contributed by atoms with Gasteiger partial charge in [-0.3, -0.25) is 14.7 Å². The summed E-state index contributed by atoms with van der Waals surface area (Å²) in [5.74, 6) is 3.11. The summed E-state index contributed by atoms with van der Waals surface area (Å²) in [6.45, 7) is 8.75. The molecule has 9 heterocycles. The van der Waals surface area contributed by atoms with Crippen LogP contribution in [0, 0.1) is 10.1 Å². The van der Waals surface area contributed by atoms with Gasteiger partial charge < -0.3 is 65.1 Å². The SMILES string of the molecule is CC(C)(C)OC(=O)N1CCC(Oc2cc(Br)on2)CC1.CNc1nc(N)ncc1-c1cnn(C)c1.CNc1nc(Nc2cc(OC3CCNCC3)no2)ncc1-c1cnn(C)c1.O=[N+]([O-])c1cc(Br)on1.OC1CCCCC1. The average molecular weight is 1210 g/mol. The minimum Gasteiger partial charge on any atom is -0.472 e. The van der Waals surface area contributed by atoms with Gasteiger partial charge in [0.1, 0.15) is 29.4 Å². The molecule has 78 heavy (non-hydrogen) atoms. The zero-order chi connectivity index (χ0) is 56.2. The average Bonchev–Trinajstić information content (AvgIpc) is 4.30. The topological polar surface area (TPSA) is 351 Å². The van der Waals surface area contributed by atoms with Crippen LogP contribution in [0.5, 0.6) is 11.8 Å². The number of anilines is 5. The van der Waals surface area contributed by atoms with Gasteiger partial charge in [-0.15, -0.1) is 0 Å². The zero-order valence-electron chi connectivity index (χ0n) is 44.4. The molecule has 0 spiro atoms. The number of aryl methyl sites for hydroxylation is 2. The molecule has 28 nitrogen and oxygen atoms in total. The number of nitrogens with zero attached hydrogens (tertiary/aromatic N) is 13. The highest BCUT2D eigenvalue weighted by Crippen LogP contribution is 2.29. The summed E-state index contributed by atoms with van der Waals surface area (Å²) >= 11 is 6.04. The van der Waals surface area contributed by atoms with Crippen molar-refractivity contribution in [1.82, 2.24) is 65.2 Å². The number of likely N-dealkylation sites (tertiary alicyclic amines) is 1. The van der Waals surface area contributed by atoms with Crippen LogP contribution in [0.1, 0.15) is 78.6 Å². The van der Waals surface area contributed by atoms with Gasteiger partial charge in [-0.25, -0.2) is 19.3 Å². The molecule has 7 N–H and O–H groups in total. The van der Waals surface area contributed by atoms with E-state index in [0.29, 0.717) is 53.0 Å². The van der Waals surface area contributed by atoms with E-state index in [4.69, 9.17) is 34.1 Å². The highest BCUT2D eigenvalue weighted by atomic mass is 79.9. The van der Waals surface area contributed by atoms with Crippen LogP contribution in [0.3, 0.4) is 0 Å². The fraction of sp³-hybridized carbons (Fsp3) is 0.500. The number of nitrogen functional groups attached to an aromatic ring is 1. The van der Waals surface area contributed by atoms with Crippen LogP contribution in [-0.4, -0.2) is 140 Å². The second kappa shape index (κ2) is 29.3. The Balaban J connectivity index is 0.000000170. The van der Waals surface area contributed by atoms with E-state index >= 15 is 0 Å². The maximum absolute atomic E-state index is 11.9. The van der Waals surface area contributed by atoms with Crippen LogP contribution in [0.2, 0.25) is 0 Å². The lowest BCUT2D eigenvalue weighted by Gasteiger charge is -2.33. The fourth-order valence-electron chi connectivity index (χ4n) is 7.69. The van der Waals surface area contributed by atoms with E-state index in [-0.39, 0.29) is 40.8 Å². The van der Waals surface area contributed by atoms with Crippen LogP contribution in [0.15, 0.2) is 78.3 Å². The van der Waals surface area contributed by atoms with Crippen molar-refractivity contribution in [2.24, 2.45) is 14.1 Å². The largest absolute Gasteiger partial charge is 0.472 e. The molecule has 0 atom stereocenters. The third kappa shape index (κ3) is 19.5. The number of hydrogen-bond acceptors (Lipinski definition) is 24. The zero-order valence-corrected chi connectivity index (χ0v) is 47.6. The van der Waals surface area contributed by atoms with Gasteiger partial charge in [-0.2, -0.15) is 20.2 Å². The summed E-state index contributed by atoms with van der Waals surface area (Å²) in [7, 11) is 7.33. The molecule has 0 bridgehead atoms. The molecule has 1 saturated carbocycles. The highest BCUT2D eigenvalue weighted by molar-refractivity contribution is 9.10. The summed E-state index contributed by atoms with van der Waals surface area (Å²) in [5.41, 5.74) is 8.69. The Labute approximate surface area is 466 Å². The molecular weight excluding hydrogens is 1150 g/mol. The Hall–Kier alpha value is -7.44. The third-order valence-electron chi connectivity index (χ3n) is 11.5. The molecule has 7 aromatic rings. The lowest BCUT2D eigenvalue weighted by atomic mass is 9.98. The van der Waals surface area contributed by atoms with E-state index < -0.39 is 10.5 Å². The van der Waals surface area contributed by atoms with Gasteiger partial charge in [-0.05, 0) is 107 Å². The van der Waals surface area contributed by atoms with E-state index in [9.17, 15) is 14.9 Å². The molecule has 1 aliphatic carbocycles. The number of hydrogen-bond donors (Lipinski definition) is 6. The predicted molar refractivity (Wildman–Crippen MR) is 294 cm³/mol. The first-order valence-electron chi connectivity index (χ1n) is 25.0. The van der Waals surface area contributed by atoms with E-state index in [0.717, 1.165) is 73.9 Å². The molecule has 7 aromatic heterocycles. The van der Waals surface area contributed by atoms with E-state index in [1.54, 1.807) is 58.2 Å². The molecular formula is C48H66Br2N18O10. The van der Waals surface area contributed by atoms with Crippen LogP contribution < -0.4 is 36.5 Å². The Bertz CT molecular complexity index is 2940. The van der Waals surface area contributed by atoms with Crippen LogP contribution >= 0.6 is 31.9 Å². The number of nitro groups is 1. The molecule has 0 radical (unpaired) electrons. The fourth-order valence-corrected chi connectivity index (χ4v) is 8.23. The van der Waals surface area contributed by atoms with Gasteiger partial charge in [0, 0.05) is 101 Å². The number of carbonyl (C=O) groups is 1. The van der Waals surface area contributed by atoms with Gasteiger partial charge in [0.25, 0.3) is 11.8 Å². The Kier molecular flexibility index (Phi) is 22.5. The first-order chi connectivity index (χ1) is 37.3. The number of aliphatic hydroxyl groups is 1. The number of piperidine rings is 2. The number of nitrogens with one attached hydrogen (secondary N) is 4. The number of carbonyl (C=O) groups excluding carboxylic acids is 1. The summed E-state index contributed by atoms with van der Waals surface area (Å²) in [5, 5.41) is 50.3. The summed E-state index contributed by atoms with van der Waals surface area (Å²) in [6.07, 6.45) is 20.1. The van der Waals surface area contributed by atoms with Crippen molar-refractivity contribution in [2.75, 3.05) is 62.0 Å². The number of halogens is 2. The molecule has 2 saturated heterocycles. The molecule has 0 unspecified atom stereocenters. The molecule has 10 rings (SSSR count). The van der Waals surface area contributed by atoms with Crippen molar-refractivity contribution >= 4 is 73.2 Å². The number of rotatable bonds is 11. The number of amides is 1. The predicted octanol–water partition coefficient (Wildman–Crippen LogP) is 8.15. The number of aromatic nitrogens is 11. The standard InChI is InChI=1S/C17H22N8O2.C13H19BrN2O4.C9H12N6.C6H12O.C3HBrN2O3/c1-18-16-13(11-8-21-25(2)10-11)9-20-17(23-16)22-14-7-15(24-27-14)26-12-3-5-19-6-4-12;1-13(2,3)19-12(17)16-6-4-9(5-7-16)18-11-8-10(14)20-15-11;1-11-8-7(4-12-9(10)14-8)6-3-13-15(2)5-6;7-6-4-2-1-3-5-6;4-2-1-3(5-9-2)6(7)8/h7-10,12,19H,3-6H2,1-2H3,(H2,18,20,22,23);8-9H,4-7H2,1-3H3;3-5H,1-2H3,(H3,10,11,12,14);6-7H,1-5H2;1H. The summed E-state index contributed by atoms with van der Waals surface area (Å²) < 4.78 is 35.7. The van der Waals surface area contributed by atoms with Crippen LogP contribution in [0.4, 0.5) is 40.0 Å². The number of aliphatic hydroxyl groups excluding tert-OH is 1. The second-order valence-electron chi connectivity index (χ2n) is 18.8. The minimum absolute atomic E-state index is 0.0359. The van der Waals surface area contributed by atoms with Gasteiger partial charge in [0.05, 0.1) is 36.7 Å². The molecule has 3 aliphatic rings. The van der Waals surface area contributed by atoms with Crippen molar-refractivity contribution in [3.8, 4) is 34.0 Å². The van der Waals surface area contributed by atoms with E-state index in [1.165, 1.54) is 25.3 Å². The summed E-state index contributed by atoms with van der Waals surface area (Å²) in [6, 6.07) is 4.57. The van der Waals surface area contributed by atoms with Gasteiger partial charge in [-0.1, -0.05) is 19.3 Å². The molecule has 422 valence electrons. The van der Waals surface area contributed by atoms with Crippen molar-refractivity contribution < 1.29 is 42.6 Å². The molecule has 2 aliphatic heterocycles. The Morgan fingerprint density at radius 3 is 1.82 bits per heavy atom. The lowest BCUT2D eigenvalue weighted by Crippen LogP contribution is -2.44. The Morgan fingerprint density at radius 2 is 1.33 bits per heavy atom. The maximum atomic E-state index is 11.9. The molecule has 30 heteroatoms. The maximum Gasteiger partial charge on any atom is 0.414 e. The number of ether oxygens (including phenoxy) is 3. The molecule has 1 amide bonds. The second-order valence-corrected chi connectivity index (χ2v) is 20.3. The Morgan fingerprint density at radius 1 is 0.782 bits per heavy atom. The summed E-state index contributed by atoms with van der Waals surface area (Å²) in [4.78, 5) is 39.8. The molecule has 0 aromatic carbocycles. The quantitative estimate of drug-likeness (QED) is 0.0525. The highest BCUT2D eigenvalue weighted by Gasteiger charge is 2.28. The van der Waals surface area contributed by atoms with Crippen molar-refractivity contribution in [1.29, 1.82) is 0 Å².